The summed E-state index contributed by atoms with van der Waals surface area (Å²) in [6, 6.07) is 7.45. The Hall–Kier alpha value is -0.800. The Kier molecular flexibility index (Phi) is 2.14. The van der Waals surface area contributed by atoms with Crippen molar-refractivity contribution in [2.75, 3.05) is 0 Å². The molecule has 4 heteroatoms. The predicted molar refractivity (Wildman–Crippen MR) is 56.1 cm³/mol. The Morgan fingerprint density at radius 2 is 2.00 bits per heavy atom. The van der Waals surface area contributed by atoms with Crippen LogP contribution in [0.1, 0.15) is 0 Å². The zero-order valence-corrected chi connectivity index (χ0v) is 8.80. The number of aromatic nitrogens is 1. The van der Waals surface area contributed by atoms with E-state index in [1.54, 1.807) is 0 Å². The molecule has 1 aromatic carbocycles. The molecule has 0 saturated carbocycles. The second kappa shape index (κ2) is 3.16. The van der Waals surface area contributed by atoms with Crippen LogP contribution in [0.25, 0.3) is 10.9 Å². The molecular weight excluding hydrogens is 253 g/mol. The van der Waals surface area contributed by atoms with Gasteiger partial charge in [-0.15, -0.1) is 0 Å². The van der Waals surface area contributed by atoms with Crippen molar-refractivity contribution in [1.29, 1.82) is 0 Å². The van der Waals surface area contributed by atoms with Crippen LogP contribution in [-0.4, -0.2) is 10.1 Å². The molecule has 2 aromatic rings. The molecule has 0 fully saturated rings. The first-order valence-electron chi connectivity index (χ1n) is 3.63. The minimum atomic E-state index is -0.146. The minimum absolute atomic E-state index is 0.146. The van der Waals surface area contributed by atoms with Gasteiger partial charge < -0.3 is 5.11 Å². The maximum Gasteiger partial charge on any atom is 0.231 e. The van der Waals surface area contributed by atoms with Crippen molar-refractivity contribution in [1.82, 2.24) is 4.98 Å². The summed E-state index contributed by atoms with van der Waals surface area (Å²) in [5.74, 6) is -0.146. The first-order valence-corrected chi connectivity index (χ1v) is 4.80. The number of pyridine rings is 1. The molecule has 66 valence electrons. The highest BCUT2D eigenvalue weighted by molar-refractivity contribution is 9.10. The van der Waals surface area contributed by atoms with E-state index in [-0.39, 0.29) is 10.9 Å². The van der Waals surface area contributed by atoms with Crippen molar-refractivity contribution < 1.29 is 5.11 Å². The lowest BCUT2D eigenvalue weighted by atomic mass is 10.2. The first-order chi connectivity index (χ1) is 6.20. The van der Waals surface area contributed by atoms with E-state index in [1.165, 1.54) is 0 Å². The highest BCUT2D eigenvalue weighted by atomic mass is 79.9. The molecule has 0 aliphatic heterocycles. The van der Waals surface area contributed by atoms with E-state index < -0.39 is 0 Å². The summed E-state index contributed by atoms with van der Waals surface area (Å²) in [5.41, 5.74) is 0.719. The van der Waals surface area contributed by atoms with Gasteiger partial charge in [-0.1, -0.05) is 29.8 Å². The van der Waals surface area contributed by atoms with Gasteiger partial charge >= 0.3 is 0 Å². The molecule has 1 heterocycles. The second-order valence-corrected chi connectivity index (χ2v) is 3.75. The maximum absolute atomic E-state index is 9.33. The van der Waals surface area contributed by atoms with E-state index in [9.17, 15) is 5.11 Å². The highest BCUT2D eigenvalue weighted by Gasteiger charge is 2.09. The van der Waals surface area contributed by atoms with Gasteiger partial charge in [0.1, 0.15) is 5.02 Å². The first kappa shape index (κ1) is 8.78. The molecule has 0 radical (unpaired) electrons. The number of rotatable bonds is 0. The molecule has 2 rings (SSSR count). The monoisotopic (exact) mass is 257 g/mol. The van der Waals surface area contributed by atoms with Crippen LogP contribution in [0.15, 0.2) is 28.7 Å². The SMILES string of the molecule is Oc1nc2ccccc2c(Br)c1Cl. The molecule has 0 aliphatic carbocycles. The van der Waals surface area contributed by atoms with Crippen molar-refractivity contribution in [2.24, 2.45) is 0 Å². The third-order valence-corrected chi connectivity index (χ3v) is 3.17. The number of hydrogen-bond donors (Lipinski definition) is 1. The number of nitrogens with zero attached hydrogens (tertiary/aromatic N) is 1. The summed E-state index contributed by atoms with van der Waals surface area (Å²) in [4.78, 5) is 3.93. The van der Waals surface area contributed by atoms with E-state index in [0.717, 1.165) is 10.9 Å². The summed E-state index contributed by atoms with van der Waals surface area (Å²) < 4.78 is 0.678. The van der Waals surface area contributed by atoms with Crippen LogP contribution in [0.5, 0.6) is 5.88 Å². The van der Waals surface area contributed by atoms with Gasteiger partial charge in [0, 0.05) is 5.39 Å². The highest BCUT2D eigenvalue weighted by Crippen LogP contribution is 2.35. The Morgan fingerprint density at radius 3 is 2.77 bits per heavy atom. The van der Waals surface area contributed by atoms with Gasteiger partial charge in [-0.3, -0.25) is 0 Å². The summed E-state index contributed by atoms with van der Waals surface area (Å²) in [5, 5.41) is 10.5. The second-order valence-electron chi connectivity index (χ2n) is 2.58. The van der Waals surface area contributed by atoms with E-state index in [4.69, 9.17) is 11.6 Å². The number of fused-ring (bicyclic) bond motifs is 1. The molecule has 0 bridgehead atoms. The lowest BCUT2D eigenvalue weighted by Crippen LogP contribution is -1.82. The van der Waals surface area contributed by atoms with Gasteiger partial charge in [0.25, 0.3) is 0 Å². The summed E-state index contributed by atoms with van der Waals surface area (Å²) in [6.07, 6.45) is 0. The summed E-state index contributed by atoms with van der Waals surface area (Å²) in [6.45, 7) is 0. The fraction of sp³-hybridized carbons (Fsp3) is 0. The van der Waals surface area contributed by atoms with E-state index in [0.29, 0.717) is 4.47 Å². The average molecular weight is 259 g/mol. The molecule has 2 nitrogen and oxygen atoms in total. The molecule has 0 spiro atoms. The smallest absolute Gasteiger partial charge is 0.231 e. The van der Waals surface area contributed by atoms with Crippen molar-refractivity contribution >= 4 is 38.4 Å². The molecule has 1 N–H and O–H groups in total. The molecule has 0 saturated heterocycles. The van der Waals surface area contributed by atoms with Crippen LogP contribution in [0.3, 0.4) is 0 Å². The number of para-hydroxylation sites is 1. The number of halogens is 2. The molecule has 0 amide bonds. The van der Waals surface area contributed by atoms with Crippen molar-refractivity contribution in [3.05, 3.63) is 33.8 Å². The predicted octanol–water partition coefficient (Wildman–Crippen LogP) is 3.36. The van der Waals surface area contributed by atoms with Gasteiger partial charge in [-0.05, 0) is 22.0 Å². The molecule has 0 unspecified atom stereocenters. The molecular formula is C9H5BrClNO. The number of aromatic hydroxyl groups is 1. The summed E-state index contributed by atoms with van der Waals surface area (Å²) in [7, 11) is 0. The van der Waals surface area contributed by atoms with Gasteiger partial charge in [0.05, 0.1) is 9.99 Å². The van der Waals surface area contributed by atoms with Crippen molar-refractivity contribution in [3.8, 4) is 5.88 Å². The summed E-state index contributed by atoms with van der Waals surface area (Å²) >= 11 is 9.10. The molecule has 0 aliphatic rings. The van der Waals surface area contributed by atoms with Gasteiger partial charge in [-0.2, -0.15) is 0 Å². The van der Waals surface area contributed by atoms with Gasteiger partial charge in [0.15, 0.2) is 0 Å². The van der Waals surface area contributed by atoms with E-state index >= 15 is 0 Å². The third kappa shape index (κ3) is 1.38. The van der Waals surface area contributed by atoms with Crippen LogP contribution in [-0.2, 0) is 0 Å². The Morgan fingerprint density at radius 1 is 1.31 bits per heavy atom. The largest absolute Gasteiger partial charge is 0.492 e. The van der Waals surface area contributed by atoms with Crippen LogP contribution >= 0.6 is 27.5 Å². The standard InChI is InChI=1S/C9H5BrClNO/c10-7-5-3-1-2-4-6(5)12-9(13)8(7)11/h1-4H,(H,12,13). The van der Waals surface area contributed by atoms with Crippen LogP contribution in [0.4, 0.5) is 0 Å². The van der Waals surface area contributed by atoms with Crippen LogP contribution in [0.2, 0.25) is 5.02 Å². The van der Waals surface area contributed by atoms with Gasteiger partial charge in [0.2, 0.25) is 5.88 Å². The average Bonchev–Trinajstić information content (AvgIpc) is 2.15. The van der Waals surface area contributed by atoms with Crippen LogP contribution in [0, 0.1) is 0 Å². The third-order valence-electron chi connectivity index (χ3n) is 1.76. The topological polar surface area (TPSA) is 33.1 Å². The number of benzene rings is 1. The van der Waals surface area contributed by atoms with Gasteiger partial charge in [-0.25, -0.2) is 4.98 Å². The van der Waals surface area contributed by atoms with Crippen molar-refractivity contribution in [3.63, 3.8) is 0 Å². The fourth-order valence-electron chi connectivity index (χ4n) is 1.14. The zero-order valence-electron chi connectivity index (χ0n) is 6.46. The lowest BCUT2D eigenvalue weighted by molar-refractivity contribution is 0.456. The normalized spacial score (nSPS) is 10.6. The Bertz CT molecular complexity index is 472. The minimum Gasteiger partial charge on any atom is -0.492 e. The molecule has 13 heavy (non-hydrogen) atoms. The van der Waals surface area contributed by atoms with E-state index in [2.05, 4.69) is 20.9 Å². The Balaban J connectivity index is 2.94. The fourth-order valence-corrected chi connectivity index (χ4v) is 1.79. The Labute approximate surface area is 88.3 Å². The number of hydrogen-bond acceptors (Lipinski definition) is 2. The van der Waals surface area contributed by atoms with Crippen LogP contribution < -0.4 is 0 Å². The lowest BCUT2D eigenvalue weighted by Gasteiger charge is -2.03. The maximum atomic E-state index is 9.33. The van der Waals surface area contributed by atoms with E-state index in [1.807, 2.05) is 24.3 Å². The quantitative estimate of drug-likeness (QED) is 0.786. The molecule has 1 aromatic heterocycles. The zero-order chi connectivity index (χ0) is 9.42. The molecule has 0 atom stereocenters. The van der Waals surface area contributed by atoms with Crippen molar-refractivity contribution in [2.45, 2.75) is 0 Å².